The van der Waals surface area contributed by atoms with E-state index in [0.717, 1.165) is 24.6 Å². The van der Waals surface area contributed by atoms with Gasteiger partial charge in [-0.1, -0.05) is 19.3 Å². The third-order valence-corrected chi connectivity index (χ3v) is 3.35. The lowest BCUT2D eigenvalue weighted by molar-refractivity contribution is -0.133. The first-order valence-corrected chi connectivity index (χ1v) is 6.43. The van der Waals surface area contributed by atoms with E-state index in [1.165, 1.54) is 19.3 Å². The normalized spacial score (nSPS) is 17.3. The molecule has 1 fully saturated rings. The van der Waals surface area contributed by atoms with Gasteiger partial charge in [0.15, 0.2) is 0 Å². The number of carboxylic acids is 1. The molecule has 0 bridgehead atoms. The molecule has 1 rings (SSSR count). The second kappa shape index (κ2) is 6.71. The van der Waals surface area contributed by atoms with Gasteiger partial charge >= 0.3 is 5.97 Å². The van der Waals surface area contributed by atoms with Crippen LogP contribution in [0.4, 0.5) is 0 Å². The van der Waals surface area contributed by atoms with Crippen LogP contribution in [-0.2, 0) is 9.59 Å². The summed E-state index contributed by atoms with van der Waals surface area (Å²) in [6.45, 7) is 0. The number of thioether (sulfide) groups is 1. The first kappa shape index (κ1) is 12.4. The fourth-order valence-electron chi connectivity index (χ4n) is 1.75. The number of carbonyl (C=O) groups excluding carboxylic acids is 1. The lowest BCUT2D eigenvalue weighted by Gasteiger charge is -2.22. The Morgan fingerprint density at radius 3 is 2.47 bits per heavy atom. The van der Waals surface area contributed by atoms with Gasteiger partial charge in [-0.3, -0.25) is 9.59 Å². The molecule has 86 valence electrons. The first-order chi connectivity index (χ1) is 7.18. The van der Waals surface area contributed by atoms with E-state index in [1.807, 2.05) is 0 Å². The molecule has 0 spiro atoms. The van der Waals surface area contributed by atoms with Crippen molar-refractivity contribution in [2.24, 2.45) is 0 Å². The Hall–Kier alpha value is -0.710. The van der Waals surface area contributed by atoms with E-state index in [1.54, 1.807) is 0 Å². The molecule has 0 heterocycles. The van der Waals surface area contributed by atoms with Gasteiger partial charge in [0.2, 0.25) is 5.91 Å². The van der Waals surface area contributed by atoms with Crippen molar-refractivity contribution in [2.45, 2.75) is 38.1 Å². The van der Waals surface area contributed by atoms with E-state index in [4.69, 9.17) is 5.11 Å². The van der Waals surface area contributed by atoms with E-state index in [0.29, 0.717) is 6.04 Å². The molecule has 0 unspecified atom stereocenters. The van der Waals surface area contributed by atoms with Gasteiger partial charge in [-0.2, -0.15) is 0 Å². The first-order valence-electron chi connectivity index (χ1n) is 5.27. The van der Waals surface area contributed by atoms with Gasteiger partial charge < -0.3 is 10.4 Å². The molecule has 0 radical (unpaired) electrons. The van der Waals surface area contributed by atoms with Gasteiger partial charge in [-0.05, 0) is 12.8 Å². The third-order valence-electron chi connectivity index (χ3n) is 2.43. The van der Waals surface area contributed by atoms with Crippen molar-refractivity contribution >= 4 is 23.6 Å². The lowest BCUT2D eigenvalue weighted by atomic mass is 9.95. The largest absolute Gasteiger partial charge is 0.481 e. The highest BCUT2D eigenvalue weighted by Crippen LogP contribution is 2.17. The monoisotopic (exact) mass is 231 g/mol. The smallest absolute Gasteiger partial charge is 0.313 e. The van der Waals surface area contributed by atoms with Crippen LogP contribution in [0.3, 0.4) is 0 Å². The molecule has 0 aliphatic heterocycles. The topological polar surface area (TPSA) is 66.4 Å². The zero-order chi connectivity index (χ0) is 11.1. The second-order valence-corrected chi connectivity index (χ2v) is 4.77. The summed E-state index contributed by atoms with van der Waals surface area (Å²) >= 11 is 1.15. The van der Waals surface area contributed by atoms with Gasteiger partial charge in [0.25, 0.3) is 0 Å². The molecule has 5 heteroatoms. The molecule has 1 amide bonds. The van der Waals surface area contributed by atoms with Crippen LogP contribution in [0.1, 0.15) is 32.1 Å². The summed E-state index contributed by atoms with van der Waals surface area (Å²) in [6.07, 6.45) is 5.77. The summed E-state index contributed by atoms with van der Waals surface area (Å²) in [4.78, 5) is 21.6. The van der Waals surface area contributed by atoms with Crippen LogP contribution in [0.5, 0.6) is 0 Å². The van der Waals surface area contributed by atoms with Crippen molar-refractivity contribution in [3.63, 3.8) is 0 Å². The van der Waals surface area contributed by atoms with Crippen LogP contribution < -0.4 is 5.32 Å². The standard InChI is InChI=1S/C10H17NO3S/c12-9(6-15-7-10(13)14)11-8-4-2-1-3-5-8/h8H,1-7H2,(H,11,12)(H,13,14). The highest BCUT2D eigenvalue weighted by atomic mass is 32.2. The zero-order valence-electron chi connectivity index (χ0n) is 8.70. The summed E-state index contributed by atoms with van der Waals surface area (Å²) in [5.41, 5.74) is 0. The van der Waals surface area contributed by atoms with Crippen LogP contribution in [0.15, 0.2) is 0 Å². The zero-order valence-corrected chi connectivity index (χ0v) is 9.52. The Labute approximate surface area is 93.8 Å². The van der Waals surface area contributed by atoms with Crippen molar-refractivity contribution in [1.29, 1.82) is 0 Å². The van der Waals surface area contributed by atoms with Crippen molar-refractivity contribution < 1.29 is 14.7 Å². The molecule has 0 atom stereocenters. The molecule has 1 saturated carbocycles. The molecule has 0 aromatic heterocycles. The number of aliphatic carboxylic acids is 1. The van der Waals surface area contributed by atoms with Gasteiger partial charge in [-0.25, -0.2) is 0 Å². The molecular formula is C10H17NO3S. The number of hydrogen-bond acceptors (Lipinski definition) is 3. The predicted molar refractivity (Wildman–Crippen MR) is 60.0 cm³/mol. The Kier molecular flexibility index (Phi) is 5.53. The van der Waals surface area contributed by atoms with Gasteiger partial charge in [0, 0.05) is 6.04 Å². The van der Waals surface area contributed by atoms with Crippen LogP contribution in [-0.4, -0.2) is 34.5 Å². The quantitative estimate of drug-likeness (QED) is 0.747. The summed E-state index contributed by atoms with van der Waals surface area (Å²) in [6, 6.07) is 0.316. The van der Waals surface area contributed by atoms with Gasteiger partial charge in [0.05, 0.1) is 11.5 Å². The average molecular weight is 231 g/mol. The Morgan fingerprint density at radius 2 is 1.87 bits per heavy atom. The maximum Gasteiger partial charge on any atom is 0.313 e. The minimum Gasteiger partial charge on any atom is -0.481 e. The van der Waals surface area contributed by atoms with Crippen LogP contribution in [0.2, 0.25) is 0 Å². The van der Waals surface area contributed by atoms with Crippen molar-refractivity contribution in [3.05, 3.63) is 0 Å². The summed E-state index contributed by atoms with van der Waals surface area (Å²) in [7, 11) is 0. The third kappa shape index (κ3) is 5.67. The molecule has 2 N–H and O–H groups in total. The summed E-state index contributed by atoms with van der Waals surface area (Å²) < 4.78 is 0. The van der Waals surface area contributed by atoms with Crippen LogP contribution in [0, 0.1) is 0 Å². The molecular weight excluding hydrogens is 214 g/mol. The lowest BCUT2D eigenvalue weighted by Crippen LogP contribution is -2.37. The number of nitrogens with one attached hydrogen (secondary N) is 1. The molecule has 15 heavy (non-hydrogen) atoms. The van der Waals surface area contributed by atoms with Gasteiger partial charge in [0.1, 0.15) is 0 Å². The maximum absolute atomic E-state index is 11.4. The molecule has 4 nitrogen and oxygen atoms in total. The summed E-state index contributed by atoms with van der Waals surface area (Å²) in [5, 5.41) is 11.3. The second-order valence-electron chi connectivity index (χ2n) is 3.79. The van der Waals surface area contributed by atoms with E-state index >= 15 is 0 Å². The number of carboxylic acid groups (broad SMARTS) is 1. The Balaban J connectivity index is 2.09. The van der Waals surface area contributed by atoms with Crippen LogP contribution >= 0.6 is 11.8 Å². The van der Waals surface area contributed by atoms with Crippen LogP contribution in [0.25, 0.3) is 0 Å². The minimum atomic E-state index is -0.870. The summed E-state index contributed by atoms with van der Waals surface area (Å²) in [5.74, 6) is -0.653. The molecule has 1 aliphatic carbocycles. The number of hydrogen-bond donors (Lipinski definition) is 2. The molecule has 0 aromatic carbocycles. The van der Waals surface area contributed by atoms with Crippen molar-refractivity contribution in [1.82, 2.24) is 5.32 Å². The van der Waals surface area contributed by atoms with E-state index in [9.17, 15) is 9.59 Å². The maximum atomic E-state index is 11.4. The van der Waals surface area contributed by atoms with Crippen molar-refractivity contribution in [2.75, 3.05) is 11.5 Å². The molecule has 0 saturated heterocycles. The number of amides is 1. The average Bonchev–Trinajstić information content (AvgIpc) is 2.18. The number of rotatable bonds is 5. The highest BCUT2D eigenvalue weighted by molar-refractivity contribution is 8.00. The Bertz CT molecular complexity index is 227. The Morgan fingerprint density at radius 1 is 1.20 bits per heavy atom. The molecule has 0 aromatic rings. The van der Waals surface area contributed by atoms with Gasteiger partial charge in [-0.15, -0.1) is 11.8 Å². The SMILES string of the molecule is O=C(O)CSCC(=O)NC1CCCCC1. The fraction of sp³-hybridized carbons (Fsp3) is 0.800. The van der Waals surface area contributed by atoms with E-state index < -0.39 is 5.97 Å². The van der Waals surface area contributed by atoms with Crippen molar-refractivity contribution in [3.8, 4) is 0 Å². The predicted octanol–water partition coefficient (Wildman–Crippen LogP) is 1.25. The number of carbonyl (C=O) groups is 2. The minimum absolute atomic E-state index is 0.00190. The van der Waals surface area contributed by atoms with E-state index in [2.05, 4.69) is 5.32 Å². The highest BCUT2D eigenvalue weighted by Gasteiger charge is 2.15. The molecule has 1 aliphatic rings. The fourth-order valence-corrected chi connectivity index (χ4v) is 2.29. The van der Waals surface area contributed by atoms with E-state index in [-0.39, 0.29) is 17.4 Å².